The number of quaternary nitrogens is 1. The summed E-state index contributed by atoms with van der Waals surface area (Å²) in [5.74, 6) is -1.98. The third kappa shape index (κ3) is 76.0. The highest BCUT2D eigenvalue weighted by atomic mass is 16.7. The molecule has 93 heavy (non-hydrogen) atoms. The molecule has 542 valence electrons. The number of esters is 2. The van der Waals surface area contributed by atoms with Gasteiger partial charge in [-0.25, -0.2) is 4.79 Å². The first kappa shape index (κ1) is 89.7. The maximum atomic E-state index is 13.0. The summed E-state index contributed by atoms with van der Waals surface area (Å²) < 4.78 is 23.1. The number of carboxylic acid groups (broad SMARTS) is 1. The Balaban J connectivity index is 4.00. The number of nitrogens with zero attached hydrogens (tertiary/aromatic N) is 1. The number of likely N-dealkylation sites (N-methyl/N-ethyl adjacent to an activating group) is 1. The summed E-state index contributed by atoms with van der Waals surface area (Å²) in [6, 6.07) is 0. The van der Waals surface area contributed by atoms with Crippen molar-refractivity contribution in [1.29, 1.82) is 0 Å². The summed E-state index contributed by atoms with van der Waals surface area (Å²) in [6.07, 6.45) is 97.7. The van der Waals surface area contributed by atoms with Gasteiger partial charge in [0.1, 0.15) is 13.2 Å². The second-order valence-corrected chi connectivity index (χ2v) is 28.4. The third-order valence-electron chi connectivity index (χ3n) is 18.0. The number of carboxylic acids is 1. The molecule has 1 N–H and O–H groups in total. The van der Waals surface area contributed by atoms with E-state index in [2.05, 4.69) is 86.8 Å². The number of rotatable bonds is 75. The van der Waals surface area contributed by atoms with Crippen molar-refractivity contribution >= 4 is 17.9 Å². The average molecular weight is 1310 g/mol. The van der Waals surface area contributed by atoms with Crippen LogP contribution in [0.5, 0.6) is 0 Å². The summed E-state index contributed by atoms with van der Waals surface area (Å²) in [5, 5.41) is 9.77. The van der Waals surface area contributed by atoms with Crippen molar-refractivity contribution in [3.8, 4) is 0 Å². The maximum absolute atomic E-state index is 13.0. The lowest BCUT2D eigenvalue weighted by Gasteiger charge is -2.25. The van der Waals surface area contributed by atoms with Gasteiger partial charge in [0.05, 0.1) is 34.4 Å². The molecule has 0 heterocycles. The molecule has 0 aromatic heterocycles. The van der Waals surface area contributed by atoms with E-state index in [1.54, 1.807) is 0 Å². The maximum Gasteiger partial charge on any atom is 0.361 e. The molecule has 0 amide bonds. The van der Waals surface area contributed by atoms with Crippen molar-refractivity contribution in [1.82, 2.24) is 0 Å². The number of carbonyl (C=O) groups excluding carboxylic acids is 2. The second-order valence-electron chi connectivity index (χ2n) is 28.4. The van der Waals surface area contributed by atoms with Crippen LogP contribution in [0.25, 0.3) is 0 Å². The molecule has 0 fully saturated rings. The van der Waals surface area contributed by atoms with E-state index in [-0.39, 0.29) is 38.2 Å². The number of allylic oxidation sites excluding steroid dienone is 12. The second kappa shape index (κ2) is 74.5. The number of hydrogen-bond donors (Lipinski definition) is 1. The highest BCUT2D eigenvalue weighted by Gasteiger charge is 2.25. The Labute approximate surface area is 577 Å². The lowest BCUT2D eigenvalue weighted by atomic mass is 10.0. The van der Waals surface area contributed by atoms with Crippen molar-refractivity contribution in [3.63, 3.8) is 0 Å². The molecule has 2 atom stereocenters. The first-order valence-electron chi connectivity index (χ1n) is 40.1. The molecule has 0 saturated heterocycles. The topological polar surface area (TPSA) is 108 Å². The largest absolute Gasteiger partial charge is 0.477 e. The van der Waals surface area contributed by atoms with Gasteiger partial charge in [0.2, 0.25) is 0 Å². The minimum absolute atomic E-state index is 0.178. The molecule has 0 aliphatic heterocycles. The minimum Gasteiger partial charge on any atom is -0.477 e. The quantitative estimate of drug-likeness (QED) is 0.0211. The average Bonchev–Trinajstić information content (AvgIpc) is 3.74. The van der Waals surface area contributed by atoms with Gasteiger partial charge in [0.25, 0.3) is 6.29 Å². The van der Waals surface area contributed by atoms with Gasteiger partial charge in [0.15, 0.2) is 6.10 Å². The van der Waals surface area contributed by atoms with Crippen LogP contribution in [0.2, 0.25) is 0 Å². The van der Waals surface area contributed by atoms with Gasteiger partial charge < -0.3 is 28.5 Å². The van der Waals surface area contributed by atoms with Crippen LogP contribution in [-0.2, 0) is 33.3 Å². The molecular formula is C84H154NO8+. The van der Waals surface area contributed by atoms with E-state index >= 15 is 0 Å². The lowest BCUT2D eigenvalue weighted by molar-refractivity contribution is -0.870. The Morgan fingerprint density at radius 1 is 0.333 bits per heavy atom. The SMILES string of the molecule is CC/C=C\C/C=C\C/C=C\C/C=C\C/C=C\C/C=C\CCCCCCCCCCCCCCCCCCC(=O)OC(COC(=O)CCCCCCCCCCCCCCCCCCCCCCCCCCCCCCCCCCC)COC(OCC[N+](C)(C)C)C(=O)O. The lowest BCUT2D eigenvalue weighted by Crippen LogP contribution is -2.40. The zero-order chi connectivity index (χ0) is 67.5. The number of unbranched alkanes of at least 4 members (excludes halogenated alkanes) is 48. The van der Waals surface area contributed by atoms with E-state index in [0.717, 1.165) is 77.0 Å². The highest BCUT2D eigenvalue weighted by Crippen LogP contribution is 2.20. The molecule has 0 spiro atoms. The van der Waals surface area contributed by atoms with Crippen LogP contribution < -0.4 is 0 Å². The zero-order valence-corrected chi connectivity index (χ0v) is 62.2. The number of ether oxygens (including phenoxy) is 4. The van der Waals surface area contributed by atoms with Crippen LogP contribution in [0.3, 0.4) is 0 Å². The van der Waals surface area contributed by atoms with Gasteiger partial charge in [-0.15, -0.1) is 0 Å². The van der Waals surface area contributed by atoms with Crippen LogP contribution in [0.1, 0.15) is 386 Å². The van der Waals surface area contributed by atoms with Crippen molar-refractivity contribution in [3.05, 3.63) is 72.9 Å². The van der Waals surface area contributed by atoms with E-state index in [9.17, 15) is 19.5 Å². The van der Waals surface area contributed by atoms with Crippen molar-refractivity contribution < 1.29 is 42.9 Å². The molecule has 9 heteroatoms. The summed E-state index contributed by atoms with van der Waals surface area (Å²) in [5.41, 5.74) is 0. The van der Waals surface area contributed by atoms with Gasteiger partial charge in [-0.1, -0.05) is 382 Å². The van der Waals surface area contributed by atoms with Gasteiger partial charge in [0, 0.05) is 12.8 Å². The van der Waals surface area contributed by atoms with E-state index in [4.69, 9.17) is 18.9 Å². The Morgan fingerprint density at radius 3 is 0.914 bits per heavy atom. The van der Waals surface area contributed by atoms with Crippen LogP contribution in [0, 0.1) is 0 Å². The van der Waals surface area contributed by atoms with Crippen molar-refractivity contribution in [2.24, 2.45) is 0 Å². The summed E-state index contributed by atoms with van der Waals surface area (Å²) in [7, 11) is 5.99. The van der Waals surface area contributed by atoms with E-state index in [1.807, 2.05) is 21.1 Å². The molecule has 2 unspecified atom stereocenters. The summed E-state index contributed by atoms with van der Waals surface area (Å²) in [6.45, 7) is 4.83. The Hall–Kier alpha value is -3.27. The van der Waals surface area contributed by atoms with Gasteiger partial charge in [-0.2, -0.15) is 0 Å². The van der Waals surface area contributed by atoms with Crippen molar-refractivity contribution in [2.45, 2.75) is 399 Å². The zero-order valence-electron chi connectivity index (χ0n) is 62.2. The highest BCUT2D eigenvalue weighted by molar-refractivity contribution is 5.71. The number of carbonyl (C=O) groups is 3. The molecule has 0 aromatic carbocycles. The van der Waals surface area contributed by atoms with Crippen molar-refractivity contribution in [2.75, 3.05) is 47.5 Å². The molecule has 0 aliphatic rings. The molecule has 0 saturated carbocycles. The van der Waals surface area contributed by atoms with E-state index in [0.29, 0.717) is 17.4 Å². The van der Waals surface area contributed by atoms with Crippen LogP contribution in [0.4, 0.5) is 0 Å². The Kier molecular flexibility index (Phi) is 71.9. The molecule has 0 aliphatic carbocycles. The van der Waals surface area contributed by atoms with E-state index < -0.39 is 18.4 Å². The molecule has 0 radical (unpaired) electrons. The van der Waals surface area contributed by atoms with Gasteiger partial charge in [-0.05, 0) is 64.2 Å². The van der Waals surface area contributed by atoms with Crippen LogP contribution >= 0.6 is 0 Å². The Bertz CT molecular complexity index is 1760. The standard InChI is InChI=1S/C84H153NO8/c1-6-8-10-12-14-16-18-20-22-24-26-28-30-32-34-36-38-40-41-43-45-47-49-51-53-55-57-59-61-63-65-67-69-71-73-75-82(87)93-80(79-92-84(83(88)89)90-77-76-85(3,4)5)78-91-81(86)74-72-70-68-66-64-62-60-58-56-54-52-50-48-46-44-42-39-37-35-33-31-29-27-25-23-21-19-17-15-13-11-9-7-2/h8,10,14,16,20,22,26,28,32,34,38,40,80,84H,6-7,9,11-13,15,17-19,21,23-25,27,29-31,33,35-37,39,41-79H2,1-5H3/p+1/b10-8-,16-14-,22-20-,28-26-,34-32-,40-38-. The normalized spacial score (nSPS) is 13.0. The smallest absolute Gasteiger partial charge is 0.361 e. The predicted octanol–water partition coefficient (Wildman–Crippen LogP) is 25.6. The molecule has 0 rings (SSSR count). The third-order valence-corrected chi connectivity index (χ3v) is 18.0. The summed E-state index contributed by atoms with van der Waals surface area (Å²) >= 11 is 0. The summed E-state index contributed by atoms with van der Waals surface area (Å²) in [4.78, 5) is 37.7. The Morgan fingerprint density at radius 2 is 0.613 bits per heavy atom. The fourth-order valence-corrected chi connectivity index (χ4v) is 11.9. The van der Waals surface area contributed by atoms with E-state index in [1.165, 1.54) is 283 Å². The van der Waals surface area contributed by atoms with Gasteiger partial charge in [-0.3, -0.25) is 9.59 Å². The van der Waals surface area contributed by atoms with Gasteiger partial charge >= 0.3 is 17.9 Å². The molecule has 0 aromatic rings. The fraction of sp³-hybridized carbons (Fsp3) is 0.821. The molecule has 9 nitrogen and oxygen atoms in total. The first-order chi connectivity index (χ1) is 45.6. The molecular weight excluding hydrogens is 1150 g/mol. The fourth-order valence-electron chi connectivity index (χ4n) is 11.9. The minimum atomic E-state index is -1.51. The van der Waals surface area contributed by atoms with Crippen LogP contribution in [0.15, 0.2) is 72.9 Å². The van der Waals surface area contributed by atoms with Crippen LogP contribution in [-0.4, -0.2) is 87.4 Å². The first-order valence-corrected chi connectivity index (χ1v) is 40.1. The number of hydrogen-bond acceptors (Lipinski definition) is 7. The monoisotopic (exact) mass is 1310 g/mol. The number of aliphatic carboxylic acids is 1. The predicted molar refractivity (Wildman–Crippen MR) is 401 cm³/mol. The molecule has 0 bridgehead atoms.